The SMILES string of the molecule is Cc1nn(CC(=O)Nc2ccc(Cn3cc(Br)cn3)cc2)c2nc(-c3cnn(C)c3)cc(C(F)F)c12. The molecule has 0 unspecified atom stereocenters. The van der Waals surface area contributed by atoms with E-state index in [1.807, 2.05) is 18.3 Å². The summed E-state index contributed by atoms with van der Waals surface area (Å²) in [5.74, 6) is -0.352. The van der Waals surface area contributed by atoms with Crippen LogP contribution in [-0.4, -0.2) is 40.2 Å². The smallest absolute Gasteiger partial charge is 0.264 e. The van der Waals surface area contributed by atoms with Crippen LogP contribution < -0.4 is 5.32 Å². The Bertz CT molecular complexity index is 1550. The highest BCUT2D eigenvalue weighted by Crippen LogP contribution is 2.33. The van der Waals surface area contributed by atoms with Crippen molar-refractivity contribution in [2.24, 2.45) is 7.05 Å². The van der Waals surface area contributed by atoms with E-state index in [0.717, 1.165) is 10.0 Å². The van der Waals surface area contributed by atoms with Crippen LogP contribution in [0, 0.1) is 6.92 Å². The molecule has 0 aliphatic carbocycles. The molecule has 0 aliphatic heterocycles. The number of pyridine rings is 1. The Labute approximate surface area is 212 Å². The Morgan fingerprint density at radius 1 is 1.14 bits per heavy atom. The molecule has 12 heteroatoms. The van der Waals surface area contributed by atoms with E-state index >= 15 is 0 Å². The molecule has 1 aromatic carbocycles. The van der Waals surface area contributed by atoms with Crippen molar-refractivity contribution in [1.82, 2.24) is 34.3 Å². The van der Waals surface area contributed by atoms with Crippen LogP contribution in [0.2, 0.25) is 0 Å². The molecular formula is C24H21BrF2N8O. The van der Waals surface area contributed by atoms with Crippen molar-refractivity contribution >= 4 is 38.6 Å². The fraction of sp³-hybridized carbons (Fsp3) is 0.208. The first-order chi connectivity index (χ1) is 17.3. The van der Waals surface area contributed by atoms with Crippen LogP contribution >= 0.6 is 15.9 Å². The zero-order valence-electron chi connectivity index (χ0n) is 19.4. The number of alkyl halides is 2. The van der Waals surface area contributed by atoms with Crippen LogP contribution in [0.15, 0.2) is 59.6 Å². The van der Waals surface area contributed by atoms with Crippen molar-refractivity contribution in [1.29, 1.82) is 0 Å². The van der Waals surface area contributed by atoms with Gasteiger partial charge in [-0.15, -0.1) is 0 Å². The number of anilines is 1. The molecule has 5 rings (SSSR count). The number of fused-ring (bicyclic) bond motifs is 1. The number of amides is 1. The average molecular weight is 555 g/mol. The maximum Gasteiger partial charge on any atom is 0.264 e. The first-order valence-electron chi connectivity index (χ1n) is 11.0. The molecule has 0 saturated heterocycles. The van der Waals surface area contributed by atoms with Gasteiger partial charge in [-0.05, 0) is 46.6 Å². The van der Waals surface area contributed by atoms with E-state index < -0.39 is 6.43 Å². The molecule has 1 N–H and O–H groups in total. The van der Waals surface area contributed by atoms with Crippen molar-refractivity contribution in [2.45, 2.75) is 26.4 Å². The number of benzene rings is 1. The first kappa shape index (κ1) is 23.8. The quantitative estimate of drug-likeness (QED) is 0.314. The number of nitrogens with one attached hydrogen (secondary N) is 1. The Kier molecular flexibility index (Phi) is 6.35. The van der Waals surface area contributed by atoms with Gasteiger partial charge in [-0.3, -0.25) is 14.2 Å². The zero-order chi connectivity index (χ0) is 25.4. The molecule has 184 valence electrons. The van der Waals surface area contributed by atoms with Crippen LogP contribution in [0.1, 0.15) is 23.2 Å². The van der Waals surface area contributed by atoms with Gasteiger partial charge in [0.05, 0.1) is 40.2 Å². The highest BCUT2D eigenvalue weighted by Gasteiger charge is 2.22. The minimum atomic E-state index is -2.72. The van der Waals surface area contributed by atoms with Crippen molar-refractivity contribution in [3.05, 3.63) is 76.4 Å². The third kappa shape index (κ3) is 4.89. The molecule has 0 atom stereocenters. The van der Waals surface area contributed by atoms with Crippen molar-refractivity contribution in [3.63, 3.8) is 0 Å². The summed E-state index contributed by atoms with van der Waals surface area (Å²) in [5.41, 5.74) is 2.99. The Hall–Kier alpha value is -3.93. The minimum absolute atomic E-state index is 0.178. The van der Waals surface area contributed by atoms with Gasteiger partial charge in [0.2, 0.25) is 5.91 Å². The normalized spacial score (nSPS) is 11.5. The van der Waals surface area contributed by atoms with Crippen molar-refractivity contribution in [2.75, 3.05) is 5.32 Å². The molecule has 0 fully saturated rings. The molecule has 0 radical (unpaired) electrons. The Morgan fingerprint density at radius 2 is 1.92 bits per heavy atom. The number of hydrogen-bond donors (Lipinski definition) is 1. The van der Waals surface area contributed by atoms with Gasteiger partial charge in [0.25, 0.3) is 6.43 Å². The lowest BCUT2D eigenvalue weighted by Crippen LogP contribution is -2.20. The van der Waals surface area contributed by atoms with Crippen LogP contribution in [-0.2, 0) is 24.9 Å². The van der Waals surface area contributed by atoms with Gasteiger partial charge in [-0.1, -0.05) is 12.1 Å². The predicted octanol–water partition coefficient (Wildman–Crippen LogP) is 4.72. The van der Waals surface area contributed by atoms with E-state index in [9.17, 15) is 13.6 Å². The van der Waals surface area contributed by atoms with Crippen LogP contribution in [0.5, 0.6) is 0 Å². The fourth-order valence-electron chi connectivity index (χ4n) is 4.01. The van der Waals surface area contributed by atoms with Gasteiger partial charge in [0.15, 0.2) is 5.65 Å². The lowest BCUT2D eigenvalue weighted by atomic mass is 10.1. The number of nitrogens with zero attached hydrogens (tertiary/aromatic N) is 7. The maximum absolute atomic E-state index is 13.9. The number of carbonyl (C=O) groups is 1. The van der Waals surface area contributed by atoms with Gasteiger partial charge < -0.3 is 5.32 Å². The summed E-state index contributed by atoms with van der Waals surface area (Å²) in [4.78, 5) is 17.4. The topological polar surface area (TPSA) is 95.5 Å². The number of halogens is 3. The van der Waals surface area contributed by atoms with E-state index in [4.69, 9.17) is 0 Å². The van der Waals surface area contributed by atoms with Crippen LogP contribution in [0.4, 0.5) is 14.5 Å². The highest BCUT2D eigenvalue weighted by molar-refractivity contribution is 9.10. The molecule has 4 heterocycles. The molecular weight excluding hydrogens is 534 g/mol. The molecule has 0 bridgehead atoms. The Morgan fingerprint density at radius 3 is 2.56 bits per heavy atom. The average Bonchev–Trinajstić information content (AvgIpc) is 3.54. The second kappa shape index (κ2) is 9.61. The summed E-state index contributed by atoms with van der Waals surface area (Å²) in [6, 6.07) is 8.75. The van der Waals surface area contributed by atoms with Gasteiger partial charge >= 0.3 is 0 Å². The molecule has 4 aromatic heterocycles. The summed E-state index contributed by atoms with van der Waals surface area (Å²) in [6.45, 7) is 2.04. The van der Waals surface area contributed by atoms with Crippen LogP contribution in [0.3, 0.4) is 0 Å². The molecule has 36 heavy (non-hydrogen) atoms. The van der Waals surface area contributed by atoms with E-state index in [1.165, 1.54) is 10.7 Å². The maximum atomic E-state index is 13.9. The number of aromatic nitrogens is 7. The second-order valence-corrected chi connectivity index (χ2v) is 9.26. The number of rotatable bonds is 7. The minimum Gasteiger partial charge on any atom is -0.324 e. The summed E-state index contributed by atoms with van der Waals surface area (Å²) in [6.07, 6.45) is 4.11. The van der Waals surface area contributed by atoms with E-state index in [-0.39, 0.29) is 29.0 Å². The lowest BCUT2D eigenvalue weighted by molar-refractivity contribution is -0.116. The largest absolute Gasteiger partial charge is 0.324 e. The number of carbonyl (C=O) groups excluding carboxylic acids is 1. The third-order valence-corrected chi connectivity index (χ3v) is 6.03. The number of hydrogen-bond acceptors (Lipinski definition) is 5. The molecule has 5 aromatic rings. The molecule has 1 amide bonds. The van der Waals surface area contributed by atoms with Gasteiger partial charge in [-0.25, -0.2) is 18.4 Å². The van der Waals surface area contributed by atoms with Crippen LogP contribution in [0.25, 0.3) is 22.3 Å². The second-order valence-electron chi connectivity index (χ2n) is 8.34. The van der Waals surface area contributed by atoms with Gasteiger partial charge in [-0.2, -0.15) is 15.3 Å². The monoisotopic (exact) mass is 554 g/mol. The van der Waals surface area contributed by atoms with Crippen molar-refractivity contribution in [3.8, 4) is 11.3 Å². The standard InChI is InChI=1S/C24H21BrF2N8O/c1-14-22-19(23(26)27)7-20(16-8-28-33(2)11-16)31-24(22)35(32-14)13-21(36)30-18-5-3-15(4-6-18)10-34-12-17(25)9-29-34/h3-9,11-12,23H,10,13H2,1-2H3,(H,30,36). The van der Waals surface area contributed by atoms with E-state index in [1.54, 1.807) is 54.1 Å². The molecule has 9 nitrogen and oxygen atoms in total. The van der Waals surface area contributed by atoms with E-state index in [0.29, 0.717) is 29.2 Å². The van der Waals surface area contributed by atoms with Gasteiger partial charge in [0, 0.05) is 36.3 Å². The van der Waals surface area contributed by atoms with E-state index in [2.05, 4.69) is 41.5 Å². The zero-order valence-corrected chi connectivity index (χ0v) is 20.9. The molecule has 0 saturated carbocycles. The lowest BCUT2D eigenvalue weighted by Gasteiger charge is -2.09. The summed E-state index contributed by atoms with van der Waals surface area (Å²) in [7, 11) is 1.73. The summed E-state index contributed by atoms with van der Waals surface area (Å²) < 4.78 is 33.5. The first-order valence-corrected chi connectivity index (χ1v) is 11.8. The predicted molar refractivity (Wildman–Crippen MR) is 134 cm³/mol. The van der Waals surface area contributed by atoms with Gasteiger partial charge in [0.1, 0.15) is 6.54 Å². The third-order valence-electron chi connectivity index (χ3n) is 5.62. The van der Waals surface area contributed by atoms with Crippen molar-refractivity contribution < 1.29 is 13.6 Å². The Balaban J connectivity index is 1.37. The summed E-state index contributed by atoms with van der Waals surface area (Å²) >= 11 is 3.37. The molecule has 0 aliphatic rings. The fourth-order valence-corrected chi connectivity index (χ4v) is 4.34. The molecule has 0 spiro atoms. The number of aryl methyl sites for hydroxylation is 2. The highest BCUT2D eigenvalue weighted by atomic mass is 79.9. The summed E-state index contributed by atoms with van der Waals surface area (Å²) in [5, 5.41) is 15.7.